The van der Waals surface area contributed by atoms with E-state index in [0.29, 0.717) is 38.6 Å². The fourth-order valence-corrected chi connectivity index (χ4v) is 4.05. The van der Waals surface area contributed by atoms with Gasteiger partial charge in [-0.25, -0.2) is 14.3 Å². The Morgan fingerprint density at radius 3 is 2.54 bits per heavy atom. The molecule has 1 aliphatic carbocycles. The first-order valence-corrected chi connectivity index (χ1v) is 10.4. The summed E-state index contributed by atoms with van der Waals surface area (Å²) in [6, 6.07) is 4.04. The molecule has 2 aliphatic rings. The van der Waals surface area contributed by atoms with Crippen LogP contribution < -0.4 is 5.69 Å². The highest BCUT2D eigenvalue weighted by Crippen LogP contribution is 2.37. The molecule has 10 heteroatoms. The average Bonchev–Trinajstić information content (AvgIpc) is 3.28. The van der Waals surface area contributed by atoms with Crippen molar-refractivity contribution in [3.05, 3.63) is 28.0 Å². The molecular weight excluding hydrogens is 382 g/mol. The maximum atomic E-state index is 12.8. The van der Waals surface area contributed by atoms with E-state index in [1.807, 2.05) is 17.5 Å². The van der Waals surface area contributed by atoms with Crippen LogP contribution in [0.1, 0.15) is 25.8 Å². The fourth-order valence-electron chi connectivity index (χ4n) is 3.34. The van der Waals surface area contributed by atoms with Gasteiger partial charge < -0.3 is 14.5 Å². The normalized spacial score (nSPS) is 17.0. The molecule has 1 aliphatic heterocycles. The number of hydrogen-bond donors (Lipinski definition) is 0. The number of ether oxygens (including phenoxy) is 1. The molecule has 2 aromatic heterocycles. The van der Waals surface area contributed by atoms with Crippen LogP contribution in [0.3, 0.4) is 0 Å². The Bertz CT molecular complexity index is 907. The zero-order valence-electron chi connectivity index (χ0n) is 15.7. The van der Waals surface area contributed by atoms with Crippen LogP contribution in [-0.2, 0) is 16.1 Å². The van der Waals surface area contributed by atoms with Gasteiger partial charge in [-0.2, -0.15) is 0 Å². The summed E-state index contributed by atoms with van der Waals surface area (Å²) in [5.41, 5.74) is -0.232. The Labute approximate surface area is 166 Å². The maximum Gasteiger partial charge on any atom is 0.409 e. The van der Waals surface area contributed by atoms with Crippen molar-refractivity contribution in [3.8, 4) is 10.7 Å². The highest BCUT2D eigenvalue weighted by molar-refractivity contribution is 7.13. The molecule has 0 spiro atoms. The predicted octanol–water partition coefficient (Wildman–Crippen LogP) is 1.41. The van der Waals surface area contributed by atoms with Gasteiger partial charge in [0.25, 0.3) is 0 Å². The Kier molecular flexibility index (Phi) is 5.21. The first-order valence-electron chi connectivity index (χ1n) is 9.51. The highest BCUT2D eigenvalue weighted by atomic mass is 32.1. The molecule has 0 unspecified atom stereocenters. The van der Waals surface area contributed by atoms with E-state index in [1.54, 1.807) is 21.3 Å². The van der Waals surface area contributed by atoms with Gasteiger partial charge in [-0.3, -0.25) is 9.36 Å². The maximum absolute atomic E-state index is 12.8. The number of carbonyl (C=O) groups excluding carboxylic acids is 2. The van der Waals surface area contributed by atoms with Crippen LogP contribution >= 0.6 is 11.3 Å². The van der Waals surface area contributed by atoms with Gasteiger partial charge in [-0.05, 0) is 31.2 Å². The number of nitrogens with zero attached hydrogens (tertiary/aromatic N) is 5. The molecule has 4 rings (SSSR count). The van der Waals surface area contributed by atoms with Crippen molar-refractivity contribution in [2.24, 2.45) is 0 Å². The van der Waals surface area contributed by atoms with E-state index < -0.39 is 0 Å². The molecule has 2 aromatic rings. The molecule has 3 heterocycles. The molecule has 2 amide bonds. The van der Waals surface area contributed by atoms with E-state index in [0.717, 1.165) is 17.7 Å². The van der Waals surface area contributed by atoms with Gasteiger partial charge in [-0.1, -0.05) is 6.07 Å². The summed E-state index contributed by atoms with van der Waals surface area (Å²) < 4.78 is 7.99. The summed E-state index contributed by atoms with van der Waals surface area (Å²) in [4.78, 5) is 41.5. The molecule has 0 N–H and O–H groups in total. The van der Waals surface area contributed by atoms with Crippen molar-refractivity contribution < 1.29 is 14.3 Å². The van der Waals surface area contributed by atoms with Crippen molar-refractivity contribution in [2.75, 3.05) is 32.8 Å². The second-order valence-electron chi connectivity index (χ2n) is 6.91. The van der Waals surface area contributed by atoms with E-state index >= 15 is 0 Å². The largest absolute Gasteiger partial charge is 0.450 e. The Morgan fingerprint density at radius 2 is 1.93 bits per heavy atom. The monoisotopic (exact) mass is 405 g/mol. The lowest BCUT2D eigenvalue weighted by Gasteiger charge is -2.33. The Morgan fingerprint density at radius 1 is 1.21 bits per heavy atom. The molecule has 1 saturated heterocycles. The summed E-state index contributed by atoms with van der Waals surface area (Å²) in [5.74, 6) is 0.478. The number of piperazine rings is 1. The van der Waals surface area contributed by atoms with Crippen LogP contribution in [0.2, 0.25) is 0 Å². The minimum atomic E-state index is -0.352. The average molecular weight is 405 g/mol. The summed E-state index contributed by atoms with van der Waals surface area (Å²) in [6.07, 6.45) is 1.58. The van der Waals surface area contributed by atoms with E-state index in [9.17, 15) is 14.4 Å². The van der Waals surface area contributed by atoms with E-state index in [2.05, 4.69) is 5.10 Å². The highest BCUT2D eigenvalue weighted by Gasteiger charge is 2.32. The lowest BCUT2D eigenvalue weighted by atomic mass is 10.3. The standard InChI is InChI=1S/C18H23N5O4S/c1-2-27-18(26)21-9-7-20(8-10-21)15(24)12-22-17(25)23(13-5-6-13)16(19-22)14-4-3-11-28-14/h3-4,11,13H,2,5-10,12H2,1H3. The smallest absolute Gasteiger partial charge is 0.409 e. The topological polar surface area (TPSA) is 89.7 Å². The van der Waals surface area contributed by atoms with Gasteiger partial charge in [0, 0.05) is 32.2 Å². The minimum absolute atomic E-state index is 0.0870. The third-order valence-electron chi connectivity index (χ3n) is 4.97. The molecular formula is C18H23N5O4S. The van der Waals surface area contributed by atoms with Crippen molar-refractivity contribution in [2.45, 2.75) is 32.4 Å². The van der Waals surface area contributed by atoms with Crippen LogP contribution in [0.25, 0.3) is 10.7 Å². The lowest BCUT2D eigenvalue weighted by molar-refractivity contribution is -0.133. The molecule has 0 aromatic carbocycles. The third kappa shape index (κ3) is 3.68. The van der Waals surface area contributed by atoms with Crippen LogP contribution in [0.4, 0.5) is 4.79 Å². The van der Waals surface area contributed by atoms with Gasteiger partial charge in [0.1, 0.15) is 6.54 Å². The summed E-state index contributed by atoms with van der Waals surface area (Å²) >= 11 is 1.53. The number of aromatic nitrogens is 3. The number of hydrogen-bond acceptors (Lipinski definition) is 6. The van der Waals surface area contributed by atoms with Crippen LogP contribution in [0.5, 0.6) is 0 Å². The van der Waals surface area contributed by atoms with Crippen LogP contribution in [0, 0.1) is 0 Å². The Hall–Kier alpha value is -2.62. The molecule has 0 radical (unpaired) electrons. The number of carbonyl (C=O) groups is 2. The summed E-state index contributed by atoms with van der Waals surface area (Å²) in [6.45, 7) is 3.71. The molecule has 28 heavy (non-hydrogen) atoms. The van der Waals surface area contributed by atoms with Gasteiger partial charge in [0.05, 0.1) is 11.5 Å². The lowest BCUT2D eigenvalue weighted by Crippen LogP contribution is -2.51. The quantitative estimate of drug-likeness (QED) is 0.750. The first kappa shape index (κ1) is 18.7. The molecule has 0 bridgehead atoms. The molecule has 150 valence electrons. The molecule has 9 nitrogen and oxygen atoms in total. The zero-order valence-corrected chi connectivity index (χ0v) is 16.6. The van der Waals surface area contributed by atoms with Gasteiger partial charge in [-0.15, -0.1) is 16.4 Å². The minimum Gasteiger partial charge on any atom is -0.450 e. The summed E-state index contributed by atoms with van der Waals surface area (Å²) in [5, 5.41) is 6.41. The van der Waals surface area contributed by atoms with Crippen molar-refractivity contribution in [3.63, 3.8) is 0 Å². The zero-order chi connectivity index (χ0) is 19.7. The number of rotatable bonds is 5. The van der Waals surface area contributed by atoms with Crippen LogP contribution in [-0.4, -0.2) is 68.9 Å². The number of thiophene rings is 1. The van der Waals surface area contributed by atoms with E-state index in [-0.39, 0.29) is 30.3 Å². The van der Waals surface area contributed by atoms with Gasteiger partial charge >= 0.3 is 11.8 Å². The van der Waals surface area contributed by atoms with E-state index in [4.69, 9.17) is 4.74 Å². The van der Waals surface area contributed by atoms with Crippen molar-refractivity contribution in [1.29, 1.82) is 0 Å². The molecule has 2 fully saturated rings. The fraction of sp³-hybridized carbons (Fsp3) is 0.556. The van der Waals surface area contributed by atoms with Crippen LogP contribution in [0.15, 0.2) is 22.3 Å². The third-order valence-corrected chi connectivity index (χ3v) is 5.83. The van der Waals surface area contributed by atoms with Gasteiger partial charge in [0.2, 0.25) is 5.91 Å². The predicted molar refractivity (Wildman–Crippen MR) is 103 cm³/mol. The molecule has 0 atom stereocenters. The number of amides is 2. The Balaban J connectivity index is 1.45. The summed E-state index contributed by atoms with van der Waals surface area (Å²) in [7, 11) is 0. The first-order chi connectivity index (χ1) is 13.6. The second-order valence-corrected chi connectivity index (χ2v) is 7.86. The second kappa shape index (κ2) is 7.78. The molecule has 1 saturated carbocycles. The van der Waals surface area contributed by atoms with Gasteiger partial charge in [0.15, 0.2) is 5.82 Å². The van der Waals surface area contributed by atoms with Crippen molar-refractivity contribution in [1.82, 2.24) is 24.1 Å². The van der Waals surface area contributed by atoms with Crippen molar-refractivity contribution >= 4 is 23.3 Å². The van der Waals surface area contributed by atoms with E-state index in [1.165, 1.54) is 16.0 Å². The SMILES string of the molecule is CCOC(=O)N1CCN(C(=O)Cn2nc(-c3cccs3)n(C3CC3)c2=O)CC1.